The second-order valence-electron chi connectivity index (χ2n) is 3.43. The van der Waals surface area contributed by atoms with E-state index in [4.69, 9.17) is 0 Å². The van der Waals surface area contributed by atoms with Crippen molar-refractivity contribution < 1.29 is 18.0 Å². The standard InChI is InChI=1S/C8H13F3N2O/c1-6-2-4-13(5-3-12-6)7(14)8(9,10)11/h6,12H,2-5H2,1H3. The largest absolute Gasteiger partial charge is 0.471 e. The van der Waals surface area contributed by atoms with Crippen molar-refractivity contribution >= 4 is 5.91 Å². The molecule has 0 bridgehead atoms. The van der Waals surface area contributed by atoms with Crippen LogP contribution in [-0.2, 0) is 4.79 Å². The Labute approximate surface area is 80.3 Å². The maximum atomic E-state index is 12.1. The van der Waals surface area contributed by atoms with Crippen LogP contribution >= 0.6 is 0 Å². The van der Waals surface area contributed by atoms with Crippen LogP contribution in [0, 0.1) is 0 Å². The summed E-state index contributed by atoms with van der Waals surface area (Å²) in [7, 11) is 0. The van der Waals surface area contributed by atoms with Gasteiger partial charge >= 0.3 is 12.1 Å². The van der Waals surface area contributed by atoms with Crippen molar-refractivity contribution in [1.29, 1.82) is 0 Å². The first-order valence-electron chi connectivity index (χ1n) is 4.50. The van der Waals surface area contributed by atoms with Gasteiger partial charge in [0.1, 0.15) is 0 Å². The maximum Gasteiger partial charge on any atom is 0.471 e. The predicted molar refractivity (Wildman–Crippen MR) is 44.7 cm³/mol. The smallest absolute Gasteiger partial charge is 0.334 e. The Morgan fingerprint density at radius 2 is 2.07 bits per heavy atom. The SMILES string of the molecule is CC1CCN(C(=O)C(F)(F)F)CCN1. The van der Waals surface area contributed by atoms with Crippen LogP contribution in [0.5, 0.6) is 0 Å². The van der Waals surface area contributed by atoms with Gasteiger partial charge in [0, 0.05) is 25.7 Å². The van der Waals surface area contributed by atoms with Gasteiger partial charge in [-0.05, 0) is 13.3 Å². The monoisotopic (exact) mass is 210 g/mol. The minimum atomic E-state index is -4.74. The van der Waals surface area contributed by atoms with E-state index in [1.54, 1.807) is 0 Å². The fourth-order valence-corrected chi connectivity index (χ4v) is 1.39. The molecule has 6 heteroatoms. The number of amides is 1. The predicted octanol–water partition coefficient (Wildman–Crippen LogP) is 0.759. The molecule has 0 aromatic heterocycles. The van der Waals surface area contributed by atoms with E-state index in [-0.39, 0.29) is 19.1 Å². The molecule has 1 heterocycles. The zero-order valence-corrected chi connectivity index (χ0v) is 7.90. The fourth-order valence-electron chi connectivity index (χ4n) is 1.39. The Bertz CT molecular complexity index is 217. The number of hydrogen-bond acceptors (Lipinski definition) is 2. The molecule has 0 aromatic carbocycles. The molecule has 1 amide bonds. The summed E-state index contributed by atoms with van der Waals surface area (Å²) in [6.07, 6.45) is -4.19. The van der Waals surface area contributed by atoms with Crippen LogP contribution < -0.4 is 5.32 Å². The Morgan fingerprint density at radius 3 is 2.64 bits per heavy atom. The Morgan fingerprint density at radius 1 is 1.43 bits per heavy atom. The minimum absolute atomic E-state index is 0.128. The van der Waals surface area contributed by atoms with Gasteiger partial charge < -0.3 is 10.2 Å². The third-order valence-corrected chi connectivity index (χ3v) is 2.24. The van der Waals surface area contributed by atoms with Gasteiger partial charge in [-0.3, -0.25) is 4.79 Å². The summed E-state index contributed by atoms with van der Waals surface area (Å²) in [5.74, 6) is -1.73. The normalized spacial score (nSPS) is 24.6. The average molecular weight is 210 g/mol. The first-order valence-corrected chi connectivity index (χ1v) is 4.50. The highest BCUT2D eigenvalue weighted by Gasteiger charge is 2.42. The molecule has 1 N–H and O–H groups in total. The topological polar surface area (TPSA) is 32.3 Å². The van der Waals surface area contributed by atoms with Crippen molar-refractivity contribution in [2.75, 3.05) is 19.6 Å². The molecule has 1 aliphatic heterocycles. The average Bonchev–Trinajstić information content (AvgIpc) is 2.27. The summed E-state index contributed by atoms with van der Waals surface area (Å²) in [6, 6.07) is 0.168. The number of hydrogen-bond donors (Lipinski definition) is 1. The summed E-state index contributed by atoms with van der Waals surface area (Å²) in [4.78, 5) is 11.7. The number of alkyl halides is 3. The zero-order valence-electron chi connectivity index (χ0n) is 7.90. The van der Waals surface area contributed by atoms with E-state index in [9.17, 15) is 18.0 Å². The highest BCUT2D eigenvalue weighted by Crippen LogP contribution is 2.19. The summed E-state index contributed by atoms with van der Waals surface area (Å²) in [6.45, 7) is 2.61. The van der Waals surface area contributed by atoms with Gasteiger partial charge in [0.25, 0.3) is 0 Å². The lowest BCUT2D eigenvalue weighted by Crippen LogP contribution is -2.42. The van der Waals surface area contributed by atoms with E-state index in [0.717, 1.165) is 4.90 Å². The lowest BCUT2D eigenvalue weighted by Gasteiger charge is -2.20. The Balaban J connectivity index is 2.56. The van der Waals surface area contributed by atoms with Gasteiger partial charge in [-0.15, -0.1) is 0 Å². The number of halogens is 3. The molecule has 82 valence electrons. The molecule has 1 saturated heterocycles. The highest BCUT2D eigenvalue weighted by atomic mass is 19.4. The number of rotatable bonds is 0. The Kier molecular flexibility index (Phi) is 3.36. The van der Waals surface area contributed by atoms with Crippen molar-refractivity contribution in [2.45, 2.75) is 25.6 Å². The molecule has 1 aliphatic rings. The number of nitrogens with one attached hydrogen (secondary N) is 1. The van der Waals surface area contributed by atoms with Crippen molar-refractivity contribution in [3.8, 4) is 0 Å². The molecule has 0 radical (unpaired) electrons. The molecule has 0 aliphatic carbocycles. The fraction of sp³-hybridized carbons (Fsp3) is 0.875. The quantitative estimate of drug-likeness (QED) is 0.640. The first-order chi connectivity index (χ1) is 6.41. The molecular formula is C8H13F3N2O. The lowest BCUT2D eigenvalue weighted by atomic mass is 10.2. The van der Waals surface area contributed by atoms with Crippen LogP contribution in [0.3, 0.4) is 0 Å². The van der Waals surface area contributed by atoms with E-state index < -0.39 is 12.1 Å². The highest BCUT2D eigenvalue weighted by molar-refractivity contribution is 5.81. The summed E-state index contributed by atoms with van der Waals surface area (Å²) in [5, 5.41) is 3.02. The molecule has 1 unspecified atom stereocenters. The van der Waals surface area contributed by atoms with Crippen molar-refractivity contribution in [2.24, 2.45) is 0 Å². The van der Waals surface area contributed by atoms with Gasteiger partial charge in [0.15, 0.2) is 0 Å². The third-order valence-electron chi connectivity index (χ3n) is 2.24. The van der Waals surface area contributed by atoms with Crippen LogP contribution in [0.1, 0.15) is 13.3 Å². The van der Waals surface area contributed by atoms with Crippen molar-refractivity contribution in [3.63, 3.8) is 0 Å². The van der Waals surface area contributed by atoms with Gasteiger partial charge in [-0.2, -0.15) is 13.2 Å². The number of carbonyl (C=O) groups is 1. The molecule has 1 fully saturated rings. The molecule has 1 atom stereocenters. The van der Waals surface area contributed by atoms with E-state index in [1.165, 1.54) is 0 Å². The molecule has 0 spiro atoms. The number of carbonyl (C=O) groups excluding carboxylic acids is 1. The van der Waals surface area contributed by atoms with E-state index >= 15 is 0 Å². The van der Waals surface area contributed by atoms with Crippen LogP contribution in [0.4, 0.5) is 13.2 Å². The van der Waals surface area contributed by atoms with Crippen LogP contribution in [0.15, 0.2) is 0 Å². The molecule has 0 saturated carbocycles. The molecule has 0 aromatic rings. The molecule has 3 nitrogen and oxygen atoms in total. The van der Waals surface area contributed by atoms with E-state index in [0.29, 0.717) is 13.0 Å². The van der Waals surface area contributed by atoms with Crippen LogP contribution in [-0.4, -0.2) is 42.7 Å². The van der Waals surface area contributed by atoms with E-state index in [2.05, 4.69) is 5.32 Å². The lowest BCUT2D eigenvalue weighted by molar-refractivity contribution is -0.185. The first kappa shape index (κ1) is 11.3. The van der Waals surface area contributed by atoms with Gasteiger partial charge in [-0.1, -0.05) is 0 Å². The van der Waals surface area contributed by atoms with Gasteiger partial charge in [0.05, 0.1) is 0 Å². The number of nitrogens with zero attached hydrogens (tertiary/aromatic N) is 1. The summed E-state index contributed by atoms with van der Waals surface area (Å²) < 4.78 is 36.2. The molecular weight excluding hydrogens is 197 g/mol. The molecule has 14 heavy (non-hydrogen) atoms. The zero-order chi connectivity index (χ0) is 10.8. The minimum Gasteiger partial charge on any atom is -0.334 e. The van der Waals surface area contributed by atoms with Gasteiger partial charge in [0.2, 0.25) is 0 Å². The van der Waals surface area contributed by atoms with Crippen molar-refractivity contribution in [1.82, 2.24) is 10.2 Å². The van der Waals surface area contributed by atoms with Crippen LogP contribution in [0.25, 0.3) is 0 Å². The van der Waals surface area contributed by atoms with E-state index in [1.807, 2.05) is 6.92 Å². The summed E-state index contributed by atoms with van der Waals surface area (Å²) >= 11 is 0. The Hall–Kier alpha value is -0.780. The van der Waals surface area contributed by atoms with Crippen LogP contribution in [0.2, 0.25) is 0 Å². The third kappa shape index (κ3) is 2.87. The van der Waals surface area contributed by atoms with Gasteiger partial charge in [-0.25, -0.2) is 0 Å². The van der Waals surface area contributed by atoms with Crippen molar-refractivity contribution in [3.05, 3.63) is 0 Å². The molecule has 1 rings (SSSR count). The maximum absolute atomic E-state index is 12.1. The summed E-state index contributed by atoms with van der Waals surface area (Å²) in [5.41, 5.74) is 0. The second-order valence-corrected chi connectivity index (χ2v) is 3.43. The second kappa shape index (κ2) is 4.16.